The third-order valence-electron chi connectivity index (χ3n) is 3.11. The molecule has 0 radical (unpaired) electrons. The van der Waals surface area contributed by atoms with Crippen molar-refractivity contribution in [1.29, 1.82) is 0 Å². The van der Waals surface area contributed by atoms with Crippen molar-refractivity contribution in [3.05, 3.63) is 28.0 Å². The summed E-state index contributed by atoms with van der Waals surface area (Å²) in [7, 11) is 0. The predicted molar refractivity (Wildman–Crippen MR) is 61.4 cm³/mol. The molecule has 1 N–H and O–H groups in total. The van der Waals surface area contributed by atoms with Gasteiger partial charge in [0.15, 0.2) is 5.92 Å². The van der Waals surface area contributed by atoms with Crippen LogP contribution in [0, 0.1) is 0 Å². The normalized spacial score (nSPS) is 15.4. The van der Waals surface area contributed by atoms with Gasteiger partial charge in [-0.1, -0.05) is 11.6 Å². The van der Waals surface area contributed by atoms with Crippen LogP contribution < -0.4 is 0 Å². The third kappa shape index (κ3) is 3.06. The first-order chi connectivity index (χ1) is 9.91. The lowest BCUT2D eigenvalue weighted by molar-refractivity contribution is -0.253. The summed E-state index contributed by atoms with van der Waals surface area (Å²) >= 11 is 5.46. The molecule has 0 bridgehead atoms. The fourth-order valence-corrected chi connectivity index (χ4v) is 2.44. The topological polar surface area (TPSA) is 53.4 Å². The van der Waals surface area contributed by atoms with Gasteiger partial charge < -0.3 is 5.11 Å². The summed E-state index contributed by atoms with van der Waals surface area (Å²) in [5, 5.41) is 7.86. The van der Waals surface area contributed by atoms with Gasteiger partial charge in [-0.3, -0.25) is 4.90 Å². The van der Waals surface area contributed by atoms with Crippen LogP contribution in [0.1, 0.15) is 22.7 Å². The van der Waals surface area contributed by atoms with Crippen molar-refractivity contribution in [3.8, 4) is 0 Å². The minimum absolute atomic E-state index is 0.0275. The summed E-state index contributed by atoms with van der Waals surface area (Å²) < 4.78 is 76.4. The minimum atomic E-state index is -5.59. The van der Waals surface area contributed by atoms with E-state index in [2.05, 4.69) is 4.98 Å². The molecule has 1 aliphatic rings. The van der Waals surface area contributed by atoms with Gasteiger partial charge in [0, 0.05) is 5.56 Å². The highest BCUT2D eigenvalue weighted by atomic mass is 35.5. The average molecular weight is 349 g/mol. The fourth-order valence-electron chi connectivity index (χ4n) is 2.18. The van der Waals surface area contributed by atoms with Crippen LogP contribution in [0.5, 0.6) is 0 Å². The Morgan fingerprint density at radius 2 is 1.77 bits per heavy atom. The van der Waals surface area contributed by atoms with Gasteiger partial charge >= 0.3 is 18.4 Å². The summed E-state index contributed by atoms with van der Waals surface area (Å²) in [6.07, 6.45) is -12.6. The third-order valence-corrected chi connectivity index (χ3v) is 3.41. The Labute approximate surface area is 124 Å². The summed E-state index contributed by atoms with van der Waals surface area (Å²) in [6.45, 7) is -0.586. The van der Waals surface area contributed by atoms with Crippen LogP contribution in [0.25, 0.3) is 0 Å². The van der Waals surface area contributed by atoms with E-state index < -0.39 is 35.1 Å². The molecule has 0 saturated carbocycles. The van der Waals surface area contributed by atoms with Crippen molar-refractivity contribution in [1.82, 2.24) is 9.88 Å². The molecule has 0 atom stereocenters. The largest absolute Gasteiger partial charge is 0.465 e. The molecule has 0 saturated heterocycles. The molecular formula is C11H7ClF6N2O2. The van der Waals surface area contributed by atoms with Gasteiger partial charge in [-0.05, 0) is 11.6 Å². The number of alkyl halides is 6. The van der Waals surface area contributed by atoms with E-state index >= 15 is 0 Å². The van der Waals surface area contributed by atoms with E-state index in [0.717, 1.165) is 4.90 Å². The second kappa shape index (κ2) is 5.18. The summed E-state index contributed by atoms with van der Waals surface area (Å²) in [6, 6.07) is 0.624. The van der Waals surface area contributed by atoms with Gasteiger partial charge in [0.05, 0.1) is 18.8 Å². The fraction of sp³-hybridized carbons (Fsp3) is 0.455. The van der Waals surface area contributed by atoms with E-state index in [1.54, 1.807) is 0 Å². The summed E-state index contributed by atoms with van der Waals surface area (Å²) in [5.74, 6) is -3.77. The maximum absolute atomic E-state index is 12.7. The van der Waals surface area contributed by atoms with Crippen LogP contribution in [0.4, 0.5) is 31.1 Å². The highest BCUT2D eigenvalue weighted by molar-refractivity contribution is 6.30. The molecule has 122 valence electrons. The number of nitrogens with zero attached hydrogens (tertiary/aromatic N) is 2. The van der Waals surface area contributed by atoms with Crippen LogP contribution in [0.15, 0.2) is 6.07 Å². The van der Waals surface area contributed by atoms with Crippen LogP contribution in [-0.2, 0) is 13.1 Å². The van der Waals surface area contributed by atoms with Crippen LogP contribution in [-0.4, -0.2) is 33.4 Å². The quantitative estimate of drug-likeness (QED) is 0.618. The van der Waals surface area contributed by atoms with Crippen molar-refractivity contribution in [2.75, 3.05) is 0 Å². The van der Waals surface area contributed by atoms with Gasteiger partial charge in [0.2, 0.25) is 0 Å². The van der Waals surface area contributed by atoms with Gasteiger partial charge in [-0.2, -0.15) is 26.3 Å². The van der Waals surface area contributed by atoms with Crippen molar-refractivity contribution in [2.45, 2.75) is 31.4 Å². The Bertz CT molecular complexity index is 602. The first kappa shape index (κ1) is 16.7. The SMILES string of the molecule is O=C(O)N1Cc2cc(C(C(F)(F)F)C(F)(F)F)c(Cl)nc2C1. The van der Waals surface area contributed by atoms with Crippen molar-refractivity contribution in [3.63, 3.8) is 0 Å². The number of pyridine rings is 1. The number of carbonyl (C=O) groups is 1. The highest BCUT2D eigenvalue weighted by Crippen LogP contribution is 2.48. The molecule has 22 heavy (non-hydrogen) atoms. The monoisotopic (exact) mass is 348 g/mol. The molecular weight excluding hydrogens is 342 g/mol. The van der Waals surface area contributed by atoms with E-state index in [0.29, 0.717) is 6.07 Å². The summed E-state index contributed by atoms with van der Waals surface area (Å²) in [5.41, 5.74) is -1.22. The van der Waals surface area contributed by atoms with Gasteiger partial charge in [0.1, 0.15) is 5.15 Å². The zero-order chi connectivity index (χ0) is 16.9. The number of aromatic nitrogens is 1. The Balaban J connectivity index is 2.50. The Morgan fingerprint density at radius 3 is 2.23 bits per heavy atom. The van der Waals surface area contributed by atoms with Crippen molar-refractivity contribution in [2.24, 2.45) is 0 Å². The first-order valence-corrected chi connectivity index (χ1v) is 6.08. The molecule has 1 aromatic rings. The van der Waals surface area contributed by atoms with E-state index in [9.17, 15) is 31.1 Å². The van der Waals surface area contributed by atoms with E-state index in [-0.39, 0.29) is 24.3 Å². The van der Waals surface area contributed by atoms with Crippen molar-refractivity contribution < 1.29 is 36.2 Å². The maximum Gasteiger partial charge on any atom is 0.407 e. The standard InChI is InChI=1S/C11H7ClF6N2O2/c12-8-5(7(10(13,14)15)11(16,17)18)1-4-2-20(9(21)22)3-6(4)19-8/h1,7H,2-3H2,(H,21,22). The smallest absolute Gasteiger partial charge is 0.407 e. The molecule has 1 amide bonds. The summed E-state index contributed by atoms with van der Waals surface area (Å²) in [4.78, 5) is 15.1. The zero-order valence-electron chi connectivity index (χ0n) is 10.5. The molecule has 0 aromatic carbocycles. The molecule has 11 heteroatoms. The van der Waals surface area contributed by atoms with Crippen molar-refractivity contribution >= 4 is 17.7 Å². The van der Waals surface area contributed by atoms with Crippen LogP contribution >= 0.6 is 11.6 Å². The number of amides is 1. The number of carboxylic acid groups (broad SMARTS) is 1. The number of fused-ring (bicyclic) bond motifs is 1. The molecule has 2 rings (SSSR count). The predicted octanol–water partition coefficient (Wildman–Crippen LogP) is 3.94. The zero-order valence-corrected chi connectivity index (χ0v) is 11.2. The highest BCUT2D eigenvalue weighted by Gasteiger charge is 2.58. The van der Waals surface area contributed by atoms with Crippen LogP contribution in [0.2, 0.25) is 5.15 Å². The number of hydrogen-bond acceptors (Lipinski definition) is 2. The number of halogens is 7. The molecule has 0 unspecified atom stereocenters. The molecule has 0 fully saturated rings. The molecule has 1 aromatic heterocycles. The minimum Gasteiger partial charge on any atom is -0.465 e. The van der Waals surface area contributed by atoms with E-state index in [1.807, 2.05) is 0 Å². The lowest BCUT2D eigenvalue weighted by atomic mass is 9.97. The van der Waals surface area contributed by atoms with Gasteiger partial charge in [-0.25, -0.2) is 9.78 Å². The molecule has 2 heterocycles. The second-order valence-electron chi connectivity index (χ2n) is 4.63. The molecule has 1 aliphatic heterocycles. The number of rotatable bonds is 1. The van der Waals surface area contributed by atoms with Gasteiger partial charge in [0.25, 0.3) is 0 Å². The Kier molecular flexibility index (Phi) is 3.92. The van der Waals surface area contributed by atoms with Crippen LogP contribution in [0.3, 0.4) is 0 Å². The number of hydrogen-bond donors (Lipinski definition) is 1. The average Bonchev–Trinajstić information content (AvgIpc) is 2.68. The van der Waals surface area contributed by atoms with E-state index in [4.69, 9.17) is 16.7 Å². The molecule has 0 aliphatic carbocycles. The maximum atomic E-state index is 12.7. The van der Waals surface area contributed by atoms with E-state index in [1.165, 1.54) is 0 Å². The lowest BCUT2D eigenvalue weighted by Gasteiger charge is -2.24. The Hall–Kier alpha value is -1.71. The molecule has 0 spiro atoms. The first-order valence-electron chi connectivity index (χ1n) is 5.70. The Morgan fingerprint density at radius 1 is 1.23 bits per heavy atom. The molecule has 4 nitrogen and oxygen atoms in total. The second-order valence-corrected chi connectivity index (χ2v) is 4.99. The lowest BCUT2D eigenvalue weighted by Crippen LogP contribution is -2.34. The van der Waals surface area contributed by atoms with Gasteiger partial charge in [-0.15, -0.1) is 0 Å².